The Hall–Kier alpha value is -1.94. The molecule has 0 unspecified atom stereocenters. The van der Waals surface area contributed by atoms with E-state index >= 15 is 0 Å². The molecule has 0 aliphatic heterocycles. The topological polar surface area (TPSA) is 29.1 Å². The zero-order valence-corrected chi connectivity index (χ0v) is 21.3. The lowest BCUT2D eigenvalue weighted by Crippen LogP contribution is -2.41. The number of carbonyl (C=O) groups excluding carboxylic acids is 1. The molecule has 0 spiro atoms. The summed E-state index contributed by atoms with van der Waals surface area (Å²) in [6.07, 6.45) is 10.1. The third-order valence-corrected chi connectivity index (χ3v) is 10.8. The van der Waals surface area contributed by atoms with Crippen LogP contribution in [-0.2, 0) is 0 Å². The Bertz CT molecular complexity index is 885. The SMILES string of the molecule is CCCC[Si](C)(C)c1ccc(C(=O)Nc2ccc([C@H]3CC[C@H](CCC)CC3)cc2)c(F)c1. The molecule has 1 N–H and O–H groups in total. The van der Waals surface area contributed by atoms with E-state index in [0.29, 0.717) is 5.92 Å². The minimum Gasteiger partial charge on any atom is -0.322 e. The zero-order chi connectivity index (χ0) is 23.1. The molecule has 174 valence electrons. The van der Waals surface area contributed by atoms with Crippen molar-refractivity contribution in [3.63, 3.8) is 0 Å². The number of hydrogen-bond acceptors (Lipinski definition) is 1. The fourth-order valence-electron chi connectivity index (χ4n) is 5.11. The highest BCUT2D eigenvalue weighted by atomic mass is 28.3. The van der Waals surface area contributed by atoms with Gasteiger partial charge >= 0.3 is 0 Å². The van der Waals surface area contributed by atoms with Gasteiger partial charge in [0.15, 0.2) is 0 Å². The van der Waals surface area contributed by atoms with Crippen molar-refractivity contribution in [2.75, 3.05) is 5.32 Å². The fraction of sp³-hybridized carbons (Fsp3) is 0.536. The van der Waals surface area contributed by atoms with Gasteiger partial charge in [-0.15, -0.1) is 0 Å². The van der Waals surface area contributed by atoms with Gasteiger partial charge in [0.2, 0.25) is 0 Å². The third-order valence-electron chi connectivity index (χ3n) is 7.33. The van der Waals surface area contributed by atoms with Gasteiger partial charge in [-0.05, 0) is 67.3 Å². The highest BCUT2D eigenvalue weighted by molar-refractivity contribution is 6.89. The van der Waals surface area contributed by atoms with Crippen LogP contribution in [0.1, 0.15) is 87.1 Å². The van der Waals surface area contributed by atoms with Crippen molar-refractivity contribution in [1.82, 2.24) is 0 Å². The van der Waals surface area contributed by atoms with E-state index in [-0.39, 0.29) is 11.5 Å². The van der Waals surface area contributed by atoms with Gasteiger partial charge in [-0.3, -0.25) is 4.79 Å². The summed E-state index contributed by atoms with van der Waals surface area (Å²) < 4.78 is 14.8. The van der Waals surface area contributed by atoms with Crippen LogP contribution in [0.25, 0.3) is 0 Å². The zero-order valence-electron chi connectivity index (χ0n) is 20.3. The Kier molecular flexibility index (Phi) is 8.69. The minimum atomic E-state index is -1.67. The van der Waals surface area contributed by atoms with E-state index in [1.54, 1.807) is 12.1 Å². The standard InChI is InChI=1S/C28H40FNOSi/c1-5-7-19-32(3,4)25-17-18-26(27(29)20-25)28(31)30-24-15-13-23(14-16-24)22-11-9-21(8-6-2)10-12-22/h13-18,20-22H,5-12,19H2,1-4H3,(H,30,31)/t21-,22-. The lowest BCUT2D eigenvalue weighted by atomic mass is 9.77. The summed E-state index contributed by atoms with van der Waals surface area (Å²) in [6.45, 7) is 9.00. The molecule has 0 radical (unpaired) electrons. The second-order valence-electron chi connectivity index (χ2n) is 10.3. The number of carbonyl (C=O) groups is 1. The summed E-state index contributed by atoms with van der Waals surface area (Å²) >= 11 is 0. The van der Waals surface area contributed by atoms with Gasteiger partial charge in [0.05, 0.1) is 13.6 Å². The molecule has 0 saturated heterocycles. The lowest BCUT2D eigenvalue weighted by Gasteiger charge is -2.28. The first kappa shape index (κ1) is 24.7. The first-order chi connectivity index (χ1) is 15.3. The summed E-state index contributed by atoms with van der Waals surface area (Å²) in [5, 5.41) is 3.96. The number of hydrogen-bond donors (Lipinski definition) is 1. The first-order valence-electron chi connectivity index (χ1n) is 12.6. The maximum absolute atomic E-state index is 14.8. The van der Waals surface area contributed by atoms with Crippen LogP contribution in [0.5, 0.6) is 0 Å². The number of halogens is 1. The number of nitrogens with one attached hydrogen (secondary N) is 1. The van der Waals surface area contributed by atoms with Crippen LogP contribution in [0.4, 0.5) is 10.1 Å². The number of rotatable bonds is 9. The quantitative estimate of drug-likeness (QED) is 0.385. The number of unbranched alkanes of at least 4 members (excludes halogenated alkanes) is 1. The Morgan fingerprint density at radius 2 is 1.69 bits per heavy atom. The molecule has 2 nitrogen and oxygen atoms in total. The van der Waals surface area contributed by atoms with Crippen LogP contribution < -0.4 is 10.5 Å². The van der Waals surface area contributed by atoms with E-state index in [1.165, 1.54) is 50.5 Å². The molecular weight excluding hydrogens is 413 g/mol. The van der Waals surface area contributed by atoms with Gasteiger partial charge in [-0.1, -0.05) is 82.1 Å². The maximum Gasteiger partial charge on any atom is 0.258 e. The van der Waals surface area contributed by atoms with Gasteiger partial charge in [-0.25, -0.2) is 4.39 Å². The second-order valence-corrected chi connectivity index (χ2v) is 15.1. The van der Waals surface area contributed by atoms with Gasteiger partial charge in [0, 0.05) is 5.69 Å². The van der Waals surface area contributed by atoms with Crippen molar-refractivity contribution in [1.29, 1.82) is 0 Å². The normalized spacial score (nSPS) is 19.0. The van der Waals surface area contributed by atoms with Crippen molar-refractivity contribution < 1.29 is 9.18 Å². The molecule has 32 heavy (non-hydrogen) atoms. The molecule has 0 aromatic heterocycles. The van der Waals surface area contributed by atoms with Crippen LogP contribution in [0.3, 0.4) is 0 Å². The second kappa shape index (κ2) is 11.3. The molecule has 1 amide bonds. The largest absolute Gasteiger partial charge is 0.322 e. The van der Waals surface area contributed by atoms with Gasteiger partial charge in [-0.2, -0.15) is 0 Å². The molecule has 1 aliphatic carbocycles. The van der Waals surface area contributed by atoms with Crippen LogP contribution in [-0.4, -0.2) is 14.0 Å². The molecule has 4 heteroatoms. The van der Waals surface area contributed by atoms with Crippen molar-refractivity contribution in [2.45, 2.75) is 90.3 Å². The van der Waals surface area contributed by atoms with Crippen LogP contribution >= 0.6 is 0 Å². The molecule has 1 fully saturated rings. The molecule has 0 heterocycles. The average Bonchev–Trinajstić information content (AvgIpc) is 2.79. The average molecular weight is 454 g/mol. The summed E-state index contributed by atoms with van der Waals surface area (Å²) in [7, 11) is -1.67. The Labute approximate surface area is 195 Å². The van der Waals surface area contributed by atoms with E-state index in [4.69, 9.17) is 0 Å². The predicted molar refractivity (Wildman–Crippen MR) is 137 cm³/mol. The van der Waals surface area contributed by atoms with Gasteiger partial charge in [0.1, 0.15) is 5.82 Å². The number of amides is 1. The molecule has 1 aliphatic rings. The van der Waals surface area contributed by atoms with Crippen molar-refractivity contribution >= 4 is 24.9 Å². The highest BCUT2D eigenvalue weighted by Gasteiger charge is 2.25. The third kappa shape index (κ3) is 6.31. The number of benzene rings is 2. The summed E-state index contributed by atoms with van der Waals surface area (Å²) in [4.78, 5) is 12.7. The van der Waals surface area contributed by atoms with Gasteiger partial charge in [0.25, 0.3) is 5.91 Å². The molecule has 2 aromatic rings. The lowest BCUT2D eigenvalue weighted by molar-refractivity contribution is 0.102. The van der Waals surface area contributed by atoms with Crippen molar-refractivity contribution in [2.24, 2.45) is 5.92 Å². The monoisotopic (exact) mass is 453 g/mol. The minimum absolute atomic E-state index is 0.118. The summed E-state index contributed by atoms with van der Waals surface area (Å²) in [6, 6.07) is 14.5. The van der Waals surface area contributed by atoms with E-state index < -0.39 is 13.9 Å². The molecular formula is C28H40FNOSi. The first-order valence-corrected chi connectivity index (χ1v) is 15.8. The highest BCUT2D eigenvalue weighted by Crippen LogP contribution is 2.37. The maximum atomic E-state index is 14.8. The Morgan fingerprint density at radius 3 is 2.28 bits per heavy atom. The van der Waals surface area contributed by atoms with Crippen LogP contribution in [0.2, 0.25) is 19.1 Å². The van der Waals surface area contributed by atoms with Gasteiger partial charge < -0.3 is 5.32 Å². The molecule has 0 atom stereocenters. The van der Waals surface area contributed by atoms with Crippen LogP contribution in [0.15, 0.2) is 42.5 Å². The fourth-order valence-corrected chi connectivity index (χ4v) is 7.69. The van der Waals surface area contributed by atoms with Crippen molar-refractivity contribution in [3.05, 3.63) is 59.4 Å². The van der Waals surface area contributed by atoms with E-state index in [0.717, 1.165) is 29.3 Å². The van der Waals surface area contributed by atoms with E-state index in [2.05, 4.69) is 44.4 Å². The predicted octanol–water partition coefficient (Wildman–Crippen LogP) is 7.87. The summed E-state index contributed by atoms with van der Waals surface area (Å²) in [5.74, 6) is 0.724. The molecule has 0 bridgehead atoms. The molecule has 2 aromatic carbocycles. The molecule has 3 rings (SSSR count). The Balaban J connectivity index is 1.61. The van der Waals surface area contributed by atoms with E-state index in [9.17, 15) is 9.18 Å². The summed E-state index contributed by atoms with van der Waals surface area (Å²) in [5.41, 5.74) is 2.19. The van der Waals surface area contributed by atoms with E-state index in [1.807, 2.05) is 18.2 Å². The van der Waals surface area contributed by atoms with Crippen molar-refractivity contribution in [3.8, 4) is 0 Å². The van der Waals surface area contributed by atoms with Crippen LogP contribution in [0, 0.1) is 11.7 Å². The smallest absolute Gasteiger partial charge is 0.258 e. The Morgan fingerprint density at radius 1 is 1.00 bits per heavy atom. The number of anilines is 1. The molecule has 1 saturated carbocycles.